The number of aromatic nitrogens is 4. The van der Waals surface area contributed by atoms with E-state index in [0.29, 0.717) is 19.1 Å². The number of nitrogens with one attached hydrogen (secondary N) is 2. The number of nitrogens with zero attached hydrogens (tertiary/aromatic N) is 4. The molecule has 4 aromatic rings. The lowest BCUT2D eigenvalue weighted by molar-refractivity contribution is -0.138. The lowest BCUT2D eigenvalue weighted by atomic mass is 9.79. The number of para-hydroxylation sites is 1. The number of ether oxygens (including phenoxy) is 1. The number of methoxy groups -OCH3 is 1. The van der Waals surface area contributed by atoms with Crippen LogP contribution in [0.1, 0.15) is 42.7 Å². The highest BCUT2D eigenvalue weighted by molar-refractivity contribution is 5.86. The van der Waals surface area contributed by atoms with Crippen LogP contribution in [0.4, 0.5) is 0 Å². The van der Waals surface area contributed by atoms with Crippen molar-refractivity contribution in [2.24, 2.45) is 5.92 Å². The number of amides is 1. The molecule has 8 heteroatoms. The fraction of sp³-hybridized carbons (Fsp3) is 0.433. The van der Waals surface area contributed by atoms with Crippen LogP contribution in [0.15, 0.2) is 60.9 Å². The lowest BCUT2D eigenvalue weighted by Gasteiger charge is -2.36. The molecule has 6 rings (SSSR count). The van der Waals surface area contributed by atoms with Crippen molar-refractivity contribution >= 4 is 16.8 Å². The van der Waals surface area contributed by atoms with Gasteiger partial charge in [-0.15, -0.1) is 0 Å². The first-order chi connectivity index (χ1) is 18.7. The van der Waals surface area contributed by atoms with E-state index in [4.69, 9.17) is 4.74 Å². The van der Waals surface area contributed by atoms with Crippen molar-refractivity contribution in [3.63, 3.8) is 0 Å². The number of hydrogen-bond acceptors (Lipinski definition) is 5. The van der Waals surface area contributed by atoms with Gasteiger partial charge in [-0.1, -0.05) is 36.4 Å². The molecular formula is C30H36N6O2. The number of aromatic amines is 1. The Balaban J connectivity index is 1.27. The molecule has 2 aromatic heterocycles. The maximum atomic E-state index is 14.3. The zero-order valence-corrected chi connectivity index (χ0v) is 22.0. The van der Waals surface area contributed by atoms with Gasteiger partial charge in [0, 0.05) is 62.1 Å². The van der Waals surface area contributed by atoms with E-state index in [1.54, 1.807) is 13.3 Å². The van der Waals surface area contributed by atoms with E-state index in [1.807, 2.05) is 0 Å². The summed E-state index contributed by atoms with van der Waals surface area (Å²) in [5.41, 5.74) is 5.51. The van der Waals surface area contributed by atoms with Gasteiger partial charge in [0.25, 0.3) is 0 Å². The fourth-order valence-corrected chi connectivity index (χ4v) is 5.97. The van der Waals surface area contributed by atoms with E-state index in [0.717, 1.165) is 56.6 Å². The molecule has 2 N–H and O–H groups in total. The Morgan fingerprint density at radius 2 is 2.05 bits per heavy atom. The van der Waals surface area contributed by atoms with E-state index in [-0.39, 0.29) is 17.7 Å². The first-order valence-electron chi connectivity index (χ1n) is 13.8. The number of piperidine rings is 1. The third kappa shape index (κ3) is 5.11. The minimum Gasteiger partial charge on any atom is -0.385 e. The van der Waals surface area contributed by atoms with Crippen molar-refractivity contribution in [1.29, 1.82) is 0 Å². The molecular weight excluding hydrogens is 476 g/mol. The van der Waals surface area contributed by atoms with Crippen molar-refractivity contribution < 1.29 is 9.53 Å². The number of carbonyl (C=O) groups excluding carboxylic acids is 1. The molecule has 0 spiro atoms. The fourth-order valence-electron chi connectivity index (χ4n) is 5.97. The molecule has 1 aliphatic heterocycles. The average molecular weight is 513 g/mol. The first-order valence-corrected chi connectivity index (χ1v) is 13.8. The third-order valence-corrected chi connectivity index (χ3v) is 8.05. The maximum Gasteiger partial charge on any atom is 0.228 e. The molecule has 2 fully saturated rings. The summed E-state index contributed by atoms with van der Waals surface area (Å²) in [7, 11) is 1.75. The summed E-state index contributed by atoms with van der Waals surface area (Å²) in [6, 6.07) is 17.4. The summed E-state index contributed by atoms with van der Waals surface area (Å²) in [6.07, 6.45) is 8.07. The number of carbonyl (C=O) groups is 1. The molecule has 2 atom stereocenters. The monoisotopic (exact) mass is 512 g/mol. The molecule has 38 heavy (non-hydrogen) atoms. The summed E-state index contributed by atoms with van der Waals surface area (Å²) in [6.45, 7) is 3.93. The molecule has 0 unspecified atom stereocenters. The minimum absolute atomic E-state index is 0.0908. The Kier molecular flexibility index (Phi) is 7.25. The molecule has 2 aromatic carbocycles. The van der Waals surface area contributed by atoms with Gasteiger partial charge < -0.3 is 19.5 Å². The summed E-state index contributed by atoms with van der Waals surface area (Å²) in [5, 5.41) is 15.7. The molecule has 1 saturated heterocycles. The largest absolute Gasteiger partial charge is 0.385 e. The molecule has 0 bridgehead atoms. The van der Waals surface area contributed by atoms with Crippen LogP contribution in [-0.4, -0.2) is 63.6 Å². The highest BCUT2D eigenvalue weighted by Crippen LogP contribution is 2.37. The predicted molar refractivity (Wildman–Crippen MR) is 148 cm³/mol. The second-order valence-electron chi connectivity index (χ2n) is 10.6. The number of H-pyrrole nitrogens is 1. The van der Waals surface area contributed by atoms with Crippen LogP contribution in [0.2, 0.25) is 0 Å². The third-order valence-electron chi connectivity index (χ3n) is 8.05. The van der Waals surface area contributed by atoms with Gasteiger partial charge in [-0.05, 0) is 61.4 Å². The lowest BCUT2D eigenvalue weighted by Crippen LogP contribution is -2.47. The molecule has 1 saturated carbocycles. The normalized spacial score (nSPS) is 19.6. The Morgan fingerprint density at radius 1 is 1.16 bits per heavy atom. The van der Waals surface area contributed by atoms with Crippen molar-refractivity contribution in [3.05, 3.63) is 72.1 Å². The highest BCUT2D eigenvalue weighted by Gasteiger charge is 2.40. The van der Waals surface area contributed by atoms with Crippen LogP contribution < -0.4 is 5.32 Å². The number of benzene rings is 2. The number of aryl methyl sites for hydroxylation is 1. The molecule has 8 nitrogen and oxygen atoms in total. The van der Waals surface area contributed by atoms with Gasteiger partial charge >= 0.3 is 0 Å². The first kappa shape index (κ1) is 24.8. The highest BCUT2D eigenvalue weighted by atomic mass is 16.5. The minimum atomic E-state index is -0.0908. The van der Waals surface area contributed by atoms with Crippen molar-refractivity contribution in [2.75, 3.05) is 26.8 Å². The van der Waals surface area contributed by atoms with Crippen molar-refractivity contribution in [2.45, 2.75) is 50.7 Å². The summed E-state index contributed by atoms with van der Waals surface area (Å²) in [4.78, 5) is 16.4. The summed E-state index contributed by atoms with van der Waals surface area (Å²) in [5.74, 6) is 0.354. The van der Waals surface area contributed by atoms with Crippen molar-refractivity contribution in [3.8, 4) is 11.3 Å². The maximum absolute atomic E-state index is 14.3. The zero-order valence-electron chi connectivity index (χ0n) is 22.0. The van der Waals surface area contributed by atoms with Crippen LogP contribution in [0.25, 0.3) is 22.2 Å². The van der Waals surface area contributed by atoms with Gasteiger partial charge in [0.2, 0.25) is 5.91 Å². The SMILES string of the molecule is COCCCn1cc(CN(C(=O)[C@H]2CNCC[C@@H]2c2cccc(-c3cn[nH]n3)c2)C2CC2)c2ccccc21. The van der Waals surface area contributed by atoms with E-state index in [1.165, 1.54) is 22.0 Å². The molecule has 2 aliphatic rings. The van der Waals surface area contributed by atoms with Crippen LogP contribution in [-0.2, 0) is 22.6 Å². The van der Waals surface area contributed by atoms with E-state index >= 15 is 0 Å². The van der Waals surface area contributed by atoms with Crippen molar-refractivity contribution in [1.82, 2.24) is 30.2 Å². The Hall–Kier alpha value is -3.49. The van der Waals surface area contributed by atoms with Gasteiger partial charge in [-0.3, -0.25) is 4.79 Å². The second kappa shape index (κ2) is 11.1. The van der Waals surface area contributed by atoms with E-state index in [9.17, 15) is 4.79 Å². The quantitative estimate of drug-likeness (QED) is 0.309. The van der Waals surface area contributed by atoms with Gasteiger partial charge in [-0.2, -0.15) is 15.4 Å². The zero-order chi connectivity index (χ0) is 25.9. The van der Waals surface area contributed by atoms with Crippen LogP contribution in [0.3, 0.4) is 0 Å². The Bertz CT molecular complexity index is 1380. The molecule has 1 amide bonds. The van der Waals surface area contributed by atoms with Gasteiger partial charge in [0.15, 0.2) is 0 Å². The van der Waals surface area contributed by atoms with Crippen LogP contribution in [0, 0.1) is 5.92 Å². The van der Waals surface area contributed by atoms with Gasteiger partial charge in [0.1, 0.15) is 5.69 Å². The number of rotatable bonds is 10. The van der Waals surface area contributed by atoms with Crippen LogP contribution in [0.5, 0.6) is 0 Å². The molecule has 3 heterocycles. The summed E-state index contributed by atoms with van der Waals surface area (Å²) < 4.78 is 7.60. The van der Waals surface area contributed by atoms with Crippen LogP contribution >= 0.6 is 0 Å². The smallest absolute Gasteiger partial charge is 0.228 e. The topological polar surface area (TPSA) is 88.1 Å². The molecule has 1 aliphatic carbocycles. The predicted octanol–water partition coefficient (Wildman–Crippen LogP) is 4.35. The van der Waals surface area contributed by atoms with E-state index < -0.39 is 0 Å². The standard InChI is InChI=1S/C30H36N6O2/c1-38-15-5-14-35-19-23(26-8-2-3-9-29(26)35)20-36(24-10-11-24)30(37)27-17-31-13-12-25(27)21-6-4-7-22(16-21)28-18-32-34-33-28/h2-4,6-9,16,18-19,24-25,27,31H,5,10-15,17,20H2,1H3,(H,32,33,34)/t25-,27+/m1/s1. The Labute approximate surface area is 223 Å². The average Bonchev–Trinajstić information content (AvgIpc) is 3.53. The van der Waals surface area contributed by atoms with Gasteiger partial charge in [0.05, 0.1) is 12.1 Å². The number of hydrogen-bond donors (Lipinski definition) is 2. The summed E-state index contributed by atoms with van der Waals surface area (Å²) >= 11 is 0. The number of fused-ring (bicyclic) bond motifs is 1. The molecule has 0 radical (unpaired) electrons. The second-order valence-corrected chi connectivity index (χ2v) is 10.6. The van der Waals surface area contributed by atoms with Gasteiger partial charge in [-0.25, -0.2) is 0 Å². The van der Waals surface area contributed by atoms with E-state index in [2.05, 4.69) is 84.9 Å². The Morgan fingerprint density at radius 3 is 2.87 bits per heavy atom. The molecule has 198 valence electrons.